The number of hydrogen-bond donors (Lipinski definition) is 2. The van der Waals surface area contributed by atoms with E-state index in [4.69, 9.17) is 9.47 Å². The maximum absolute atomic E-state index is 12.6. The van der Waals surface area contributed by atoms with E-state index in [2.05, 4.69) is 15.7 Å². The number of thiophene rings is 1. The molecule has 0 fully saturated rings. The van der Waals surface area contributed by atoms with E-state index in [1.807, 2.05) is 34.6 Å². The van der Waals surface area contributed by atoms with Crippen molar-refractivity contribution in [2.45, 2.75) is 80.7 Å². The molecule has 34 heavy (non-hydrogen) atoms. The SMILES string of the molecule is CC.CC.CCCCOC(=O)C(C)(C)NC(=O)Nc1sc(-n2cccn2)c(C)c1C(=O)OCC. The maximum Gasteiger partial charge on any atom is 0.341 e. The van der Waals surface area contributed by atoms with E-state index in [1.165, 1.54) is 11.3 Å². The Bertz CT molecular complexity index is 892. The molecule has 0 aromatic carbocycles. The lowest BCUT2D eigenvalue weighted by molar-refractivity contribution is -0.149. The topological polar surface area (TPSA) is 112 Å². The van der Waals surface area contributed by atoms with Crippen LogP contribution in [-0.2, 0) is 14.3 Å². The number of esters is 2. The molecule has 0 aliphatic heterocycles. The van der Waals surface area contributed by atoms with Gasteiger partial charge in [0.25, 0.3) is 0 Å². The van der Waals surface area contributed by atoms with E-state index in [1.54, 1.807) is 50.8 Å². The summed E-state index contributed by atoms with van der Waals surface area (Å²) in [6.45, 7) is 17.1. The van der Waals surface area contributed by atoms with Crippen molar-refractivity contribution in [2.24, 2.45) is 0 Å². The van der Waals surface area contributed by atoms with Crippen molar-refractivity contribution >= 4 is 34.3 Å². The molecule has 2 rings (SSSR count). The molecule has 9 nitrogen and oxygen atoms in total. The minimum atomic E-state index is -1.24. The number of rotatable bonds is 9. The third kappa shape index (κ3) is 8.81. The molecule has 0 saturated heterocycles. The molecule has 10 heteroatoms. The van der Waals surface area contributed by atoms with Crippen LogP contribution >= 0.6 is 11.3 Å². The molecule has 2 amide bonds. The normalized spacial score (nSPS) is 10.1. The highest BCUT2D eigenvalue weighted by atomic mass is 32.1. The predicted octanol–water partition coefficient (Wildman–Crippen LogP) is 5.71. The van der Waals surface area contributed by atoms with Crippen molar-refractivity contribution in [3.05, 3.63) is 29.6 Å². The minimum Gasteiger partial charge on any atom is -0.464 e. The van der Waals surface area contributed by atoms with Gasteiger partial charge in [-0.3, -0.25) is 5.32 Å². The van der Waals surface area contributed by atoms with Crippen molar-refractivity contribution < 1.29 is 23.9 Å². The first-order valence-corrected chi connectivity index (χ1v) is 12.6. The minimum absolute atomic E-state index is 0.202. The van der Waals surface area contributed by atoms with Gasteiger partial charge in [-0.1, -0.05) is 52.4 Å². The first-order valence-electron chi connectivity index (χ1n) is 11.8. The van der Waals surface area contributed by atoms with Crippen LogP contribution in [-0.4, -0.2) is 46.5 Å². The summed E-state index contributed by atoms with van der Waals surface area (Å²) in [6, 6.07) is 1.13. The van der Waals surface area contributed by atoms with E-state index in [-0.39, 0.29) is 12.2 Å². The van der Waals surface area contributed by atoms with Gasteiger partial charge in [-0.2, -0.15) is 5.10 Å². The fourth-order valence-electron chi connectivity index (χ4n) is 2.60. The summed E-state index contributed by atoms with van der Waals surface area (Å²) < 4.78 is 12.0. The number of carbonyl (C=O) groups excluding carboxylic acids is 3. The second-order valence-electron chi connectivity index (χ2n) is 7.10. The monoisotopic (exact) mass is 496 g/mol. The lowest BCUT2D eigenvalue weighted by Gasteiger charge is -2.24. The van der Waals surface area contributed by atoms with Gasteiger partial charge in [0.2, 0.25) is 0 Å². The van der Waals surface area contributed by atoms with Crippen LogP contribution in [0.15, 0.2) is 18.5 Å². The Morgan fingerprint density at radius 2 is 1.76 bits per heavy atom. The summed E-state index contributed by atoms with van der Waals surface area (Å²) in [6.07, 6.45) is 5.01. The van der Waals surface area contributed by atoms with Gasteiger partial charge in [0, 0.05) is 18.0 Å². The van der Waals surface area contributed by atoms with E-state index in [0.29, 0.717) is 22.2 Å². The number of nitrogens with zero attached hydrogens (tertiary/aromatic N) is 2. The molecule has 0 radical (unpaired) electrons. The average molecular weight is 497 g/mol. The molecule has 0 aliphatic carbocycles. The number of urea groups is 1. The van der Waals surface area contributed by atoms with Crippen molar-refractivity contribution in [1.29, 1.82) is 0 Å². The first-order chi connectivity index (χ1) is 16.2. The molecule has 0 spiro atoms. The number of amides is 2. The first kappa shape index (κ1) is 31.1. The van der Waals surface area contributed by atoms with Crippen molar-refractivity contribution in [3.8, 4) is 5.00 Å². The third-order valence-corrected chi connectivity index (χ3v) is 5.40. The molecule has 0 aliphatic rings. The molecule has 2 N–H and O–H groups in total. The summed E-state index contributed by atoms with van der Waals surface area (Å²) in [5.41, 5.74) is -0.347. The second-order valence-corrected chi connectivity index (χ2v) is 8.10. The Morgan fingerprint density at radius 1 is 1.12 bits per heavy atom. The smallest absolute Gasteiger partial charge is 0.341 e. The average Bonchev–Trinajstić information content (AvgIpc) is 3.44. The Morgan fingerprint density at radius 3 is 2.29 bits per heavy atom. The van der Waals surface area contributed by atoms with Crippen LogP contribution in [0, 0.1) is 6.92 Å². The molecule has 0 atom stereocenters. The fraction of sp³-hybridized carbons (Fsp3) is 0.583. The summed E-state index contributed by atoms with van der Waals surface area (Å²) in [5, 5.41) is 10.4. The quantitative estimate of drug-likeness (QED) is 0.339. The highest BCUT2D eigenvalue weighted by molar-refractivity contribution is 7.19. The van der Waals surface area contributed by atoms with Crippen LogP contribution in [0.4, 0.5) is 9.80 Å². The molecule has 0 saturated carbocycles. The Balaban J connectivity index is 0.00000258. The van der Waals surface area contributed by atoms with E-state index < -0.39 is 23.5 Å². The zero-order chi connectivity index (χ0) is 26.3. The van der Waals surface area contributed by atoms with Crippen molar-refractivity contribution in [1.82, 2.24) is 15.1 Å². The van der Waals surface area contributed by atoms with Gasteiger partial charge in [-0.25, -0.2) is 19.1 Å². The molecular formula is C24H40N4O5S. The summed E-state index contributed by atoms with van der Waals surface area (Å²) >= 11 is 1.19. The van der Waals surface area contributed by atoms with Crippen LogP contribution in [0.25, 0.3) is 5.00 Å². The Kier molecular flexibility index (Phi) is 14.5. The second kappa shape index (κ2) is 15.9. The molecule has 2 aromatic rings. The summed E-state index contributed by atoms with van der Waals surface area (Å²) in [5.74, 6) is -1.07. The molecule has 0 unspecified atom stereocenters. The van der Waals surface area contributed by atoms with Gasteiger partial charge in [-0.05, 0) is 40.2 Å². The van der Waals surface area contributed by atoms with Crippen molar-refractivity contribution in [2.75, 3.05) is 18.5 Å². The Hall–Kier alpha value is -2.88. The van der Waals surface area contributed by atoms with E-state index >= 15 is 0 Å². The van der Waals surface area contributed by atoms with Gasteiger partial charge >= 0.3 is 18.0 Å². The molecule has 0 bridgehead atoms. The number of aromatic nitrogens is 2. The van der Waals surface area contributed by atoms with Crippen LogP contribution < -0.4 is 10.6 Å². The van der Waals surface area contributed by atoms with Crippen LogP contribution in [0.2, 0.25) is 0 Å². The highest BCUT2D eigenvalue weighted by Crippen LogP contribution is 2.36. The van der Waals surface area contributed by atoms with Crippen LogP contribution in [0.5, 0.6) is 0 Å². The Labute approximate surface area is 207 Å². The van der Waals surface area contributed by atoms with Gasteiger partial charge in [-0.15, -0.1) is 0 Å². The van der Waals surface area contributed by atoms with Crippen LogP contribution in [0.1, 0.15) is 84.2 Å². The van der Waals surface area contributed by atoms with Crippen LogP contribution in [0.3, 0.4) is 0 Å². The number of ether oxygens (including phenoxy) is 2. The summed E-state index contributed by atoms with van der Waals surface area (Å²) in [4.78, 5) is 37.4. The fourth-order valence-corrected chi connectivity index (χ4v) is 3.74. The standard InChI is InChI=1S/C20H28N4O5S.2C2H6/c1-6-8-12-29-18(26)20(4,5)23-19(27)22-15-14(17(25)28-7-2)13(3)16(30-15)24-11-9-10-21-24;2*1-2/h9-11H,6-8,12H2,1-5H3,(H2,22,23,27);2*1-2H3. The zero-order valence-electron chi connectivity index (χ0n) is 21.9. The lowest BCUT2D eigenvalue weighted by Crippen LogP contribution is -2.52. The maximum atomic E-state index is 12.6. The number of hydrogen-bond acceptors (Lipinski definition) is 7. The van der Waals surface area contributed by atoms with E-state index in [0.717, 1.165) is 12.8 Å². The van der Waals surface area contributed by atoms with Gasteiger partial charge in [0.1, 0.15) is 15.5 Å². The van der Waals surface area contributed by atoms with E-state index in [9.17, 15) is 14.4 Å². The predicted molar refractivity (Wildman–Crippen MR) is 137 cm³/mol. The van der Waals surface area contributed by atoms with Gasteiger partial charge < -0.3 is 14.8 Å². The molecular weight excluding hydrogens is 456 g/mol. The molecule has 2 heterocycles. The van der Waals surface area contributed by atoms with Crippen molar-refractivity contribution in [3.63, 3.8) is 0 Å². The number of anilines is 1. The summed E-state index contributed by atoms with van der Waals surface area (Å²) in [7, 11) is 0. The number of unbranched alkanes of at least 4 members (excludes halogenated alkanes) is 1. The molecule has 192 valence electrons. The zero-order valence-corrected chi connectivity index (χ0v) is 22.7. The van der Waals surface area contributed by atoms with Gasteiger partial charge in [0.15, 0.2) is 0 Å². The number of carbonyl (C=O) groups is 3. The third-order valence-electron chi connectivity index (χ3n) is 4.21. The number of nitrogens with one attached hydrogen (secondary N) is 2. The largest absolute Gasteiger partial charge is 0.464 e. The van der Waals surface area contributed by atoms with Gasteiger partial charge in [0.05, 0.1) is 18.8 Å². The lowest BCUT2D eigenvalue weighted by atomic mass is 10.1. The molecule has 2 aromatic heterocycles. The highest BCUT2D eigenvalue weighted by Gasteiger charge is 2.32.